The molecule has 2 heterocycles. The Hall–Kier alpha value is -2.00. The summed E-state index contributed by atoms with van der Waals surface area (Å²) >= 11 is 5.99. The van der Waals surface area contributed by atoms with E-state index in [2.05, 4.69) is 25.1 Å². The summed E-state index contributed by atoms with van der Waals surface area (Å²) in [5.41, 5.74) is 3.07. The van der Waals surface area contributed by atoms with Crippen LogP contribution in [-0.4, -0.2) is 30.5 Å². The third-order valence-corrected chi connectivity index (χ3v) is 5.83. The van der Waals surface area contributed by atoms with Crippen LogP contribution in [0, 0.1) is 0 Å². The van der Waals surface area contributed by atoms with Gasteiger partial charge in [-0.1, -0.05) is 36.7 Å². The average Bonchev–Trinajstić information content (AvgIpc) is 3.00. The quantitative estimate of drug-likeness (QED) is 0.773. The van der Waals surface area contributed by atoms with E-state index in [0.29, 0.717) is 6.61 Å². The first kappa shape index (κ1) is 17.4. The molecule has 136 valence electrons. The van der Waals surface area contributed by atoms with Crippen LogP contribution in [0.3, 0.4) is 0 Å². The van der Waals surface area contributed by atoms with Crippen LogP contribution in [0.15, 0.2) is 42.5 Å². The normalized spacial score (nSPS) is 22.0. The Kier molecular flexibility index (Phi) is 4.66. The number of hydrogen-bond acceptors (Lipinski definition) is 2. The minimum absolute atomic E-state index is 0.0874. The molecule has 4 heteroatoms. The molecule has 3 nitrogen and oxygen atoms in total. The maximum absolute atomic E-state index is 12.7. The van der Waals surface area contributed by atoms with Crippen molar-refractivity contribution in [3.8, 4) is 5.75 Å². The van der Waals surface area contributed by atoms with Gasteiger partial charge in [-0.15, -0.1) is 0 Å². The number of benzene rings is 2. The van der Waals surface area contributed by atoms with Gasteiger partial charge in [0.1, 0.15) is 5.75 Å². The molecule has 1 fully saturated rings. The fourth-order valence-corrected chi connectivity index (χ4v) is 4.19. The molecule has 1 amide bonds. The zero-order valence-electron chi connectivity index (χ0n) is 15.1. The van der Waals surface area contributed by atoms with Gasteiger partial charge in [0.05, 0.1) is 6.61 Å². The van der Waals surface area contributed by atoms with Crippen molar-refractivity contribution in [2.24, 2.45) is 0 Å². The predicted octanol–water partition coefficient (Wildman–Crippen LogP) is 4.86. The summed E-state index contributed by atoms with van der Waals surface area (Å²) < 4.78 is 5.99. The number of halogens is 1. The predicted molar refractivity (Wildman–Crippen MR) is 104 cm³/mol. The van der Waals surface area contributed by atoms with Crippen LogP contribution in [0.1, 0.15) is 47.7 Å². The minimum atomic E-state index is -0.0874. The number of piperidine rings is 1. The smallest absolute Gasteiger partial charge is 0.253 e. The lowest BCUT2D eigenvalue weighted by atomic mass is 9.79. The number of ether oxygens (including phenoxy) is 1. The van der Waals surface area contributed by atoms with Crippen LogP contribution in [0.25, 0.3) is 0 Å². The molecular formula is C22H24ClNO2. The summed E-state index contributed by atoms with van der Waals surface area (Å²) in [6, 6.07) is 14.0. The van der Waals surface area contributed by atoms with Gasteiger partial charge in [-0.25, -0.2) is 0 Å². The van der Waals surface area contributed by atoms with E-state index in [1.54, 1.807) is 0 Å². The molecule has 0 radical (unpaired) electrons. The van der Waals surface area contributed by atoms with E-state index in [9.17, 15) is 4.79 Å². The van der Waals surface area contributed by atoms with Gasteiger partial charge >= 0.3 is 0 Å². The third-order valence-electron chi connectivity index (χ3n) is 5.58. The second-order valence-corrected chi connectivity index (χ2v) is 8.15. The van der Waals surface area contributed by atoms with Crippen molar-refractivity contribution in [1.29, 1.82) is 0 Å². The maximum atomic E-state index is 12.7. The van der Waals surface area contributed by atoms with Crippen molar-refractivity contribution in [2.75, 3.05) is 19.7 Å². The Morgan fingerprint density at radius 2 is 1.85 bits per heavy atom. The van der Waals surface area contributed by atoms with Crippen molar-refractivity contribution in [3.05, 3.63) is 64.2 Å². The molecule has 2 aromatic rings. The minimum Gasteiger partial charge on any atom is -0.492 e. The van der Waals surface area contributed by atoms with Crippen molar-refractivity contribution in [1.82, 2.24) is 4.90 Å². The summed E-state index contributed by atoms with van der Waals surface area (Å²) in [4.78, 5) is 14.7. The van der Waals surface area contributed by atoms with Crippen molar-refractivity contribution >= 4 is 17.5 Å². The van der Waals surface area contributed by atoms with Gasteiger partial charge in [-0.05, 0) is 55.5 Å². The van der Waals surface area contributed by atoms with E-state index in [1.807, 2.05) is 29.2 Å². The van der Waals surface area contributed by atoms with Crippen molar-refractivity contribution < 1.29 is 9.53 Å². The van der Waals surface area contributed by atoms with E-state index in [1.165, 1.54) is 17.5 Å². The molecule has 0 spiro atoms. The Balaban J connectivity index is 1.55. The number of fused-ring (bicyclic) bond motifs is 1. The number of likely N-dealkylation sites (tertiary alicyclic amines) is 1. The number of carbonyl (C=O) groups is 1. The first-order valence-corrected chi connectivity index (χ1v) is 9.74. The molecule has 1 saturated heterocycles. The third kappa shape index (κ3) is 3.33. The van der Waals surface area contributed by atoms with E-state index < -0.39 is 0 Å². The molecule has 2 aliphatic heterocycles. The molecule has 0 saturated carbocycles. The fourth-order valence-electron chi connectivity index (χ4n) is 4.07. The van der Waals surface area contributed by atoms with Gasteiger partial charge in [0, 0.05) is 34.7 Å². The SMILES string of the molecule is CC1(Cc2ccc(Cl)cc2)COc2cc(C(=O)N3CCCCC3)ccc21. The fraction of sp³-hybridized carbons (Fsp3) is 0.409. The largest absolute Gasteiger partial charge is 0.492 e. The molecule has 0 bridgehead atoms. The molecule has 2 aliphatic rings. The molecule has 26 heavy (non-hydrogen) atoms. The van der Waals surface area contributed by atoms with Crippen LogP contribution >= 0.6 is 11.6 Å². The number of rotatable bonds is 3. The lowest BCUT2D eigenvalue weighted by Gasteiger charge is -2.27. The Morgan fingerprint density at radius 3 is 2.58 bits per heavy atom. The van der Waals surface area contributed by atoms with E-state index in [-0.39, 0.29) is 11.3 Å². The van der Waals surface area contributed by atoms with Gasteiger partial charge < -0.3 is 9.64 Å². The molecule has 1 unspecified atom stereocenters. The van der Waals surface area contributed by atoms with Crippen molar-refractivity contribution in [3.63, 3.8) is 0 Å². The van der Waals surface area contributed by atoms with Crippen LogP contribution < -0.4 is 4.74 Å². The molecule has 2 aromatic carbocycles. The zero-order valence-corrected chi connectivity index (χ0v) is 15.9. The number of nitrogens with zero attached hydrogens (tertiary/aromatic N) is 1. The van der Waals surface area contributed by atoms with E-state index in [4.69, 9.17) is 16.3 Å². The number of amides is 1. The Bertz CT molecular complexity index is 811. The van der Waals surface area contributed by atoms with E-state index in [0.717, 1.165) is 48.7 Å². The van der Waals surface area contributed by atoms with Crippen LogP contribution in [-0.2, 0) is 11.8 Å². The summed E-state index contributed by atoms with van der Waals surface area (Å²) in [5, 5.41) is 0.753. The van der Waals surface area contributed by atoms with E-state index >= 15 is 0 Å². The molecule has 0 aliphatic carbocycles. The summed E-state index contributed by atoms with van der Waals surface area (Å²) in [7, 11) is 0. The van der Waals surface area contributed by atoms with Crippen LogP contribution in [0.5, 0.6) is 5.75 Å². The highest BCUT2D eigenvalue weighted by Crippen LogP contribution is 2.41. The highest BCUT2D eigenvalue weighted by molar-refractivity contribution is 6.30. The molecular weight excluding hydrogens is 346 g/mol. The molecule has 4 rings (SSSR count). The van der Waals surface area contributed by atoms with Gasteiger partial charge in [-0.3, -0.25) is 4.79 Å². The van der Waals surface area contributed by atoms with Crippen LogP contribution in [0.2, 0.25) is 5.02 Å². The summed E-state index contributed by atoms with van der Waals surface area (Å²) in [6.07, 6.45) is 4.31. The first-order valence-electron chi connectivity index (χ1n) is 9.36. The Labute approximate surface area is 159 Å². The number of carbonyl (C=O) groups excluding carboxylic acids is 1. The highest BCUT2D eigenvalue weighted by atomic mass is 35.5. The summed E-state index contributed by atoms with van der Waals surface area (Å²) in [6.45, 7) is 4.59. The second kappa shape index (κ2) is 6.96. The summed E-state index contributed by atoms with van der Waals surface area (Å²) in [5.74, 6) is 0.978. The van der Waals surface area contributed by atoms with Gasteiger partial charge in [0.15, 0.2) is 0 Å². The lowest BCUT2D eigenvalue weighted by molar-refractivity contribution is 0.0724. The second-order valence-electron chi connectivity index (χ2n) is 7.72. The standard InChI is InChI=1S/C22H24ClNO2/c1-22(14-16-5-8-18(23)9-6-16)15-26-20-13-17(7-10-19(20)22)21(25)24-11-3-2-4-12-24/h5-10,13H,2-4,11-12,14-15H2,1H3. The van der Waals surface area contributed by atoms with Gasteiger partial charge in [0.25, 0.3) is 5.91 Å². The molecule has 0 N–H and O–H groups in total. The lowest BCUT2D eigenvalue weighted by Crippen LogP contribution is -2.35. The van der Waals surface area contributed by atoms with Gasteiger partial charge in [-0.2, -0.15) is 0 Å². The average molecular weight is 370 g/mol. The zero-order chi connectivity index (χ0) is 18.1. The first-order chi connectivity index (χ1) is 12.5. The van der Waals surface area contributed by atoms with Crippen LogP contribution in [0.4, 0.5) is 0 Å². The molecule has 0 aromatic heterocycles. The highest BCUT2D eigenvalue weighted by Gasteiger charge is 2.37. The Morgan fingerprint density at radius 1 is 1.12 bits per heavy atom. The molecule has 1 atom stereocenters. The number of hydrogen-bond donors (Lipinski definition) is 0. The topological polar surface area (TPSA) is 29.5 Å². The van der Waals surface area contributed by atoms with Crippen molar-refractivity contribution in [2.45, 2.75) is 38.0 Å². The monoisotopic (exact) mass is 369 g/mol. The maximum Gasteiger partial charge on any atom is 0.253 e. The van der Waals surface area contributed by atoms with Gasteiger partial charge in [0.2, 0.25) is 0 Å².